The molecule has 6 heteroatoms. The van der Waals surface area contributed by atoms with Crippen LogP contribution in [0.4, 0.5) is 11.6 Å². The van der Waals surface area contributed by atoms with E-state index in [1.165, 1.54) is 12.8 Å². The zero-order chi connectivity index (χ0) is 16.1. The summed E-state index contributed by atoms with van der Waals surface area (Å²) in [6, 6.07) is 7.75. The summed E-state index contributed by atoms with van der Waals surface area (Å²) in [4.78, 5) is 20.5. The average molecular weight is 312 g/mol. The lowest BCUT2D eigenvalue weighted by atomic mass is 10.2. The topological polar surface area (TPSA) is 76.1 Å². The highest BCUT2D eigenvalue weighted by atomic mass is 16.5. The highest BCUT2D eigenvalue weighted by Crippen LogP contribution is 2.19. The molecule has 0 spiro atoms. The first-order valence-electron chi connectivity index (χ1n) is 7.78. The van der Waals surface area contributed by atoms with E-state index in [9.17, 15) is 4.79 Å². The van der Waals surface area contributed by atoms with Gasteiger partial charge in [-0.15, -0.1) is 0 Å². The van der Waals surface area contributed by atoms with Gasteiger partial charge in [0.15, 0.2) is 0 Å². The van der Waals surface area contributed by atoms with E-state index in [4.69, 9.17) is 4.74 Å². The number of methoxy groups -OCH3 is 1. The molecule has 23 heavy (non-hydrogen) atoms. The zero-order valence-electron chi connectivity index (χ0n) is 13.1. The van der Waals surface area contributed by atoms with Crippen LogP contribution >= 0.6 is 0 Å². The number of carbonyl (C=O) groups excluding carboxylic acids is 1. The number of benzene rings is 1. The number of aromatic nitrogens is 2. The largest absolute Gasteiger partial charge is 0.497 e. The second-order valence-electron chi connectivity index (χ2n) is 5.60. The number of hydrogen-bond acceptors (Lipinski definition) is 5. The predicted molar refractivity (Wildman–Crippen MR) is 88.0 cm³/mol. The lowest BCUT2D eigenvalue weighted by molar-refractivity contribution is 0.0937. The third-order valence-corrected chi connectivity index (χ3v) is 3.95. The molecule has 2 N–H and O–H groups in total. The van der Waals surface area contributed by atoms with E-state index in [0.717, 1.165) is 24.3 Å². The van der Waals surface area contributed by atoms with E-state index in [2.05, 4.69) is 20.6 Å². The van der Waals surface area contributed by atoms with Crippen LogP contribution in [0, 0.1) is 0 Å². The second kappa shape index (κ2) is 7.09. The molecule has 0 saturated heterocycles. The van der Waals surface area contributed by atoms with Gasteiger partial charge in [0.05, 0.1) is 12.7 Å². The molecule has 0 bridgehead atoms. The summed E-state index contributed by atoms with van der Waals surface area (Å²) in [5, 5.41) is 6.11. The number of nitrogens with zero attached hydrogens (tertiary/aromatic N) is 2. The Bertz CT molecular complexity index is 649. The van der Waals surface area contributed by atoms with Gasteiger partial charge >= 0.3 is 0 Å². The number of ether oxygens (including phenoxy) is 1. The highest BCUT2D eigenvalue weighted by molar-refractivity contribution is 5.93. The Morgan fingerprint density at radius 3 is 2.39 bits per heavy atom. The molecule has 1 aromatic heterocycles. The summed E-state index contributed by atoms with van der Waals surface area (Å²) >= 11 is 0. The monoisotopic (exact) mass is 312 g/mol. The van der Waals surface area contributed by atoms with E-state index in [0.29, 0.717) is 17.6 Å². The first kappa shape index (κ1) is 15.3. The van der Waals surface area contributed by atoms with Crippen molar-refractivity contribution in [3.05, 3.63) is 42.2 Å². The minimum absolute atomic E-state index is 0.104. The number of nitrogens with one attached hydrogen (secondary N) is 2. The van der Waals surface area contributed by atoms with E-state index < -0.39 is 0 Å². The van der Waals surface area contributed by atoms with Gasteiger partial charge in [-0.25, -0.2) is 9.97 Å². The summed E-state index contributed by atoms with van der Waals surface area (Å²) in [5.41, 5.74) is 1.34. The minimum Gasteiger partial charge on any atom is -0.497 e. The molecule has 1 fully saturated rings. The Labute approximate surface area is 135 Å². The Morgan fingerprint density at radius 2 is 1.78 bits per heavy atom. The maximum atomic E-state index is 12.1. The molecule has 1 amide bonds. The Hall–Kier alpha value is -2.63. The predicted octanol–water partition coefficient (Wildman–Crippen LogP) is 2.90. The SMILES string of the molecule is COc1ccc(Nc2ncc(C(=O)NC3CCCC3)cn2)cc1. The summed E-state index contributed by atoms with van der Waals surface area (Å²) in [6.45, 7) is 0. The van der Waals surface area contributed by atoms with Crippen molar-refractivity contribution in [2.75, 3.05) is 12.4 Å². The smallest absolute Gasteiger partial charge is 0.254 e. The Morgan fingerprint density at radius 1 is 1.13 bits per heavy atom. The zero-order valence-corrected chi connectivity index (χ0v) is 13.1. The molecular formula is C17H20N4O2. The minimum atomic E-state index is -0.104. The molecule has 120 valence electrons. The molecule has 0 atom stereocenters. The van der Waals surface area contributed by atoms with Crippen LogP contribution in [-0.4, -0.2) is 29.0 Å². The first-order chi connectivity index (χ1) is 11.2. The number of hydrogen-bond donors (Lipinski definition) is 2. The van der Waals surface area contributed by atoms with Crippen molar-refractivity contribution in [2.45, 2.75) is 31.7 Å². The molecule has 3 rings (SSSR count). The Balaban J connectivity index is 1.60. The van der Waals surface area contributed by atoms with Crippen molar-refractivity contribution in [2.24, 2.45) is 0 Å². The van der Waals surface area contributed by atoms with Crippen molar-refractivity contribution in [3.63, 3.8) is 0 Å². The number of anilines is 2. The van der Waals surface area contributed by atoms with E-state index in [-0.39, 0.29) is 5.91 Å². The van der Waals surface area contributed by atoms with Gasteiger partial charge in [-0.3, -0.25) is 4.79 Å². The van der Waals surface area contributed by atoms with Crippen LogP contribution in [-0.2, 0) is 0 Å². The van der Waals surface area contributed by atoms with Crippen molar-refractivity contribution >= 4 is 17.5 Å². The number of rotatable bonds is 5. The van der Waals surface area contributed by atoms with E-state index in [1.807, 2.05) is 24.3 Å². The van der Waals surface area contributed by atoms with Crippen LogP contribution < -0.4 is 15.4 Å². The van der Waals surface area contributed by atoms with Crippen molar-refractivity contribution in [1.82, 2.24) is 15.3 Å². The van der Waals surface area contributed by atoms with Crippen molar-refractivity contribution in [3.8, 4) is 5.75 Å². The van der Waals surface area contributed by atoms with Gasteiger partial charge in [0, 0.05) is 24.1 Å². The Kier molecular flexibility index (Phi) is 4.71. The standard InChI is InChI=1S/C17H20N4O2/c1-23-15-8-6-14(7-9-15)21-17-18-10-12(11-19-17)16(22)20-13-4-2-3-5-13/h6-11,13H,2-5H2,1H3,(H,20,22)(H,18,19,21). The fourth-order valence-corrected chi connectivity index (χ4v) is 2.65. The number of carbonyl (C=O) groups is 1. The molecule has 1 aliphatic rings. The van der Waals surface area contributed by atoms with Gasteiger partial charge in [0.25, 0.3) is 5.91 Å². The van der Waals surface area contributed by atoms with Crippen molar-refractivity contribution in [1.29, 1.82) is 0 Å². The average Bonchev–Trinajstić information content (AvgIpc) is 3.09. The summed E-state index contributed by atoms with van der Waals surface area (Å²) in [7, 11) is 1.63. The van der Waals surface area contributed by atoms with Crippen LogP contribution in [0.1, 0.15) is 36.0 Å². The summed E-state index contributed by atoms with van der Waals surface area (Å²) < 4.78 is 5.11. The third-order valence-electron chi connectivity index (χ3n) is 3.95. The first-order valence-corrected chi connectivity index (χ1v) is 7.78. The maximum Gasteiger partial charge on any atom is 0.254 e. The number of amides is 1. The van der Waals surface area contributed by atoms with Gasteiger partial charge in [0.1, 0.15) is 5.75 Å². The van der Waals surface area contributed by atoms with Gasteiger partial charge in [-0.2, -0.15) is 0 Å². The van der Waals surface area contributed by atoms with Crippen LogP contribution in [0.3, 0.4) is 0 Å². The second-order valence-corrected chi connectivity index (χ2v) is 5.60. The molecule has 0 radical (unpaired) electrons. The molecule has 1 heterocycles. The van der Waals surface area contributed by atoms with Crippen LogP contribution in [0.5, 0.6) is 5.75 Å². The van der Waals surface area contributed by atoms with Gasteiger partial charge in [0.2, 0.25) is 5.95 Å². The van der Waals surface area contributed by atoms with Crippen LogP contribution in [0.15, 0.2) is 36.7 Å². The molecule has 0 aliphatic heterocycles. The fourth-order valence-electron chi connectivity index (χ4n) is 2.65. The molecule has 1 aliphatic carbocycles. The highest BCUT2D eigenvalue weighted by Gasteiger charge is 2.18. The molecule has 1 saturated carbocycles. The quantitative estimate of drug-likeness (QED) is 0.888. The van der Waals surface area contributed by atoms with Gasteiger partial charge in [-0.1, -0.05) is 12.8 Å². The molecule has 1 aromatic carbocycles. The van der Waals surface area contributed by atoms with Gasteiger partial charge in [-0.05, 0) is 37.1 Å². The fraction of sp³-hybridized carbons (Fsp3) is 0.353. The van der Waals surface area contributed by atoms with E-state index in [1.54, 1.807) is 19.5 Å². The van der Waals surface area contributed by atoms with Gasteiger partial charge < -0.3 is 15.4 Å². The molecule has 6 nitrogen and oxygen atoms in total. The lowest BCUT2D eigenvalue weighted by Gasteiger charge is -2.11. The molecule has 0 unspecified atom stereocenters. The lowest BCUT2D eigenvalue weighted by Crippen LogP contribution is -2.32. The maximum absolute atomic E-state index is 12.1. The van der Waals surface area contributed by atoms with Crippen LogP contribution in [0.2, 0.25) is 0 Å². The third kappa shape index (κ3) is 3.97. The summed E-state index contributed by atoms with van der Waals surface area (Å²) in [6.07, 6.45) is 7.58. The molecule has 2 aromatic rings. The van der Waals surface area contributed by atoms with Crippen molar-refractivity contribution < 1.29 is 9.53 Å². The summed E-state index contributed by atoms with van der Waals surface area (Å²) in [5.74, 6) is 1.14. The normalized spacial score (nSPS) is 14.5. The van der Waals surface area contributed by atoms with Crippen LogP contribution in [0.25, 0.3) is 0 Å². The molecular weight excluding hydrogens is 292 g/mol. The van der Waals surface area contributed by atoms with E-state index >= 15 is 0 Å².